The van der Waals surface area contributed by atoms with Gasteiger partial charge in [0.2, 0.25) is 0 Å². The highest BCUT2D eigenvalue weighted by atomic mass is 16.3. The molecule has 1 heterocycles. The highest BCUT2D eigenvalue weighted by Gasteiger charge is 2.10. The predicted octanol–water partition coefficient (Wildman–Crippen LogP) is 1.23. The summed E-state index contributed by atoms with van der Waals surface area (Å²) in [5.41, 5.74) is 3.27. The first-order chi connectivity index (χ1) is 9.10. The molecule has 0 unspecified atom stereocenters. The summed E-state index contributed by atoms with van der Waals surface area (Å²) in [5.74, 6) is 5.48. The van der Waals surface area contributed by atoms with E-state index in [1.807, 2.05) is 23.4 Å². The third kappa shape index (κ3) is 3.05. The first-order valence-corrected chi connectivity index (χ1v) is 5.68. The number of nitrogen functional groups attached to an aromatic ring is 1. The fraction of sp³-hybridized carbons (Fsp3) is 0.154. The summed E-state index contributed by atoms with van der Waals surface area (Å²) in [7, 11) is 1.86. The molecule has 0 aliphatic carbocycles. The van der Waals surface area contributed by atoms with Gasteiger partial charge in [0.1, 0.15) is 17.8 Å². The van der Waals surface area contributed by atoms with Crippen LogP contribution in [0.2, 0.25) is 0 Å². The van der Waals surface area contributed by atoms with E-state index in [1.54, 1.807) is 24.3 Å². The summed E-state index contributed by atoms with van der Waals surface area (Å²) in [5, 5.41) is 9.42. The minimum atomic E-state index is -0.394. The number of phenols is 1. The summed E-state index contributed by atoms with van der Waals surface area (Å²) >= 11 is 0. The lowest BCUT2D eigenvalue weighted by Crippen LogP contribution is -2.29. The number of anilines is 1. The Bertz CT molecular complexity index is 580. The van der Waals surface area contributed by atoms with Crippen molar-refractivity contribution in [1.82, 2.24) is 5.43 Å². The fourth-order valence-corrected chi connectivity index (χ4v) is 1.72. The van der Waals surface area contributed by atoms with Crippen molar-refractivity contribution in [2.45, 2.75) is 6.54 Å². The van der Waals surface area contributed by atoms with E-state index in [2.05, 4.69) is 0 Å². The molecule has 19 heavy (non-hydrogen) atoms. The predicted molar refractivity (Wildman–Crippen MR) is 70.6 cm³/mol. The Morgan fingerprint density at radius 1 is 1.47 bits per heavy atom. The van der Waals surface area contributed by atoms with Crippen LogP contribution >= 0.6 is 0 Å². The number of phenolic OH excluding ortho intramolecular Hbond substituents is 1. The van der Waals surface area contributed by atoms with Crippen LogP contribution in [0.5, 0.6) is 5.75 Å². The molecular formula is C13H15N3O3. The quantitative estimate of drug-likeness (QED) is 0.437. The monoisotopic (exact) mass is 261 g/mol. The Morgan fingerprint density at radius 2 is 2.26 bits per heavy atom. The van der Waals surface area contributed by atoms with Crippen LogP contribution in [0.15, 0.2) is 41.0 Å². The second kappa shape index (κ2) is 5.45. The van der Waals surface area contributed by atoms with Gasteiger partial charge in [0.15, 0.2) is 0 Å². The number of nitrogens with zero attached hydrogens (tertiary/aromatic N) is 1. The van der Waals surface area contributed by atoms with Crippen LogP contribution in [0.4, 0.5) is 5.69 Å². The van der Waals surface area contributed by atoms with Gasteiger partial charge in [-0.05, 0) is 18.2 Å². The number of carbonyl (C=O) groups is 1. The Morgan fingerprint density at radius 3 is 2.95 bits per heavy atom. The molecule has 1 amide bonds. The number of hydrogen-bond acceptors (Lipinski definition) is 5. The van der Waals surface area contributed by atoms with Crippen molar-refractivity contribution in [1.29, 1.82) is 0 Å². The molecule has 0 fully saturated rings. The minimum absolute atomic E-state index is 0.201. The average molecular weight is 261 g/mol. The number of hydrazine groups is 1. The van der Waals surface area contributed by atoms with E-state index in [1.165, 1.54) is 6.26 Å². The van der Waals surface area contributed by atoms with Crippen LogP contribution < -0.4 is 16.2 Å². The molecule has 1 aromatic heterocycles. The van der Waals surface area contributed by atoms with E-state index in [0.29, 0.717) is 17.9 Å². The lowest BCUT2D eigenvalue weighted by atomic mass is 10.2. The largest absolute Gasteiger partial charge is 0.508 e. The van der Waals surface area contributed by atoms with E-state index in [4.69, 9.17) is 10.3 Å². The van der Waals surface area contributed by atoms with Gasteiger partial charge in [0.25, 0.3) is 5.91 Å². The molecule has 6 nitrogen and oxygen atoms in total. The van der Waals surface area contributed by atoms with Crippen LogP contribution in [0.3, 0.4) is 0 Å². The zero-order valence-electron chi connectivity index (χ0n) is 10.5. The van der Waals surface area contributed by atoms with Crippen molar-refractivity contribution < 1.29 is 14.3 Å². The molecule has 0 saturated carbocycles. The number of benzene rings is 1. The number of amides is 1. The first-order valence-electron chi connectivity index (χ1n) is 5.68. The molecule has 0 aliphatic heterocycles. The molecule has 0 atom stereocenters. The second-order valence-corrected chi connectivity index (χ2v) is 4.15. The number of furan rings is 1. The fourth-order valence-electron chi connectivity index (χ4n) is 1.72. The Labute approximate surface area is 110 Å². The van der Waals surface area contributed by atoms with E-state index < -0.39 is 5.91 Å². The van der Waals surface area contributed by atoms with Gasteiger partial charge in [-0.1, -0.05) is 6.07 Å². The average Bonchev–Trinajstić information content (AvgIpc) is 2.86. The highest BCUT2D eigenvalue weighted by Crippen LogP contribution is 2.21. The summed E-state index contributed by atoms with van der Waals surface area (Å²) in [6.45, 7) is 0.474. The van der Waals surface area contributed by atoms with E-state index in [9.17, 15) is 9.90 Å². The lowest BCUT2D eigenvalue weighted by molar-refractivity contribution is 0.0953. The summed E-state index contributed by atoms with van der Waals surface area (Å²) in [6, 6.07) is 8.51. The van der Waals surface area contributed by atoms with Crippen molar-refractivity contribution >= 4 is 11.6 Å². The highest BCUT2D eigenvalue weighted by molar-refractivity contribution is 5.93. The van der Waals surface area contributed by atoms with Crippen LogP contribution in [-0.4, -0.2) is 18.1 Å². The number of nitrogens with two attached hydrogens (primary N) is 1. The van der Waals surface area contributed by atoms with Crippen LogP contribution in [-0.2, 0) is 6.54 Å². The smallest absolute Gasteiger partial charge is 0.268 e. The second-order valence-electron chi connectivity index (χ2n) is 4.15. The summed E-state index contributed by atoms with van der Waals surface area (Å²) in [6.07, 6.45) is 1.35. The molecule has 4 N–H and O–H groups in total. The summed E-state index contributed by atoms with van der Waals surface area (Å²) in [4.78, 5) is 13.2. The van der Waals surface area contributed by atoms with Crippen molar-refractivity contribution in [2.75, 3.05) is 11.9 Å². The molecule has 0 radical (unpaired) electrons. The van der Waals surface area contributed by atoms with Gasteiger partial charge in [0.05, 0.1) is 12.1 Å². The van der Waals surface area contributed by atoms with Gasteiger partial charge in [-0.25, -0.2) is 5.84 Å². The molecule has 6 heteroatoms. The zero-order valence-corrected chi connectivity index (χ0v) is 10.5. The number of hydrogen-bond donors (Lipinski definition) is 3. The molecule has 2 aromatic rings. The molecule has 0 spiro atoms. The maximum Gasteiger partial charge on any atom is 0.268 e. The lowest BCUT2D eigenvalue weighted by Gasteiger charge is -2.17. The first kappa shape index (κ1) is 13.0. The maximum atomic E-state index is 11.3. The Kier molecular flexibility index (Phi) is 3.72. The molecular weight excluding hydrogens is 246 g/mol. The number of carbonyl (C=O) groups excluding carboxylic acids is 1. The Balaban J connectivity index is 2.08. The van der Waals surface area contributed by atoms with Gasteiger partial charge < -0.3 is 14.4 Å². The SMILES string of the molecule is CN(Cc1cc(C(=O)NN)co1)c1cccc(O)c1. The molecule has 0 bridgehead atoms. The third-order valence-electron chi connectivity index (χ3n) is 2.71. The van der Waals surface area contributed by atoms with Gasteiger partial charge in [-0.2, -0.15) is 0 Å². The van der Waals surface area contributed by atoms with Gasteiger partial charge in [-0.15, -0.1) is 0 Å². The van der Waals surface area contributed by atoms with Gasteiger partial charge >= 0.3 is 0 Å². The van der Waals surface area contributed by atoms with Crippen LogP contribution in [0.1, 0.15) is 16.1 Å². The van der Waals surface area contributed by atoms with E-state index >= 15 is 0 Å². The summed E-state index contributed by atoms with van der Waals surface area (Å²) < 4.78 is 5.29. The van der Waals surface area contributed by atoms with E-state index in [0.717, 1.165) is 5.69 Å². The number of aromatic hydroxyl groups is 1. The molecule has 0 aliphatic rings. The molecule has 100 valence electrons. The van der Waals surface area contributed by atoms with Crippen LogP contribution in [0.25, 0.3) is 0 Å². The van der Waals surface area contributed by atoms with Gasteiger partial charge in [-0.3, -0.25) is 10.2 Å². The normalized spacial score (nSPS) is 10.2. The number of rotatable bonds is 4. The van der Waals surface area contributed by atoms with Gasteiger partial charge in [0, 0.05) is 18.8 Å². The number of nitrogens with one attached hydrogen (secondary N) is 1. The molecule has 0 saturated heterocycles. The third-order valence-corrected chi connectivity index (χ3v) is 2.71. The maximum absolute atomic E-state index is 11.3. The molecule has 2 rings (SSSR count). The Hall–Kier alpha value is -2.47. The zero-order chi connectivity index (χ0) is 13.8. The van der Waals surface area contributed by atoms with Crippen molar-refractivity contribution in [3.63, 3.8) is 0 Å². The van der Waals surface area contributed by atoms with Crippen molar-refractivity contribution in [2.24, 2.45) is 5.84 Å². The molecule has 1 aromatic carbocycles. The van der Waals surface area contributed by atoms with E-state index in [-0.39, 0.29) is 5.75 Å². The standard InChI is InChI=1S/C13H15N3O3/c1-16(10-3-2-4-11(17)6-10)7-12-5-9(8-19-12)13(18)15-14/h2-6,8,17H,7,14H2,1H3,(H,15,18). The van der Waals surface area contributed by atoms with Crippen molar-refractivity contribution in [3.8, 4) is 5.75 Å². The van der Waals surface area contributed by atoms with Crippen molar-refractivity contribution in [3.05, 3.63) is 47.9 Å². The minimum Gasteiger partial charge on any atom is -0.508 e. The van der Waals surface area contributed by atoms with Crippen LogP contribution in [0, 0.1) is 0 Å². The topological polar surface area (TPSA) is 91.7 Å².